The van der Waals surface area contributed by atoms with Crippen LogP contribution < -0.4 is 0 Å². The van der Waals surface area contributed by atoms with Gasteiger partial charge in [0.2, 0.25) is 0 Å². The number of unbranched alkanes of at least 4 members (excludes halogenated alkanes) is 16. The molecule has 1 fully saturated rings. The van der Waals surface area contributed by atoms with Gasteiger partial charge in [-0.1, -0.05) is 152 Å². The highest BCUT2D eigenvalue weighted by Gasteiger charge is 2.51. The summed E-state index contributed by atoms with van der Waals surface area (Å²) < 4.78 is 33.4. The van der Waals surface area contributed by atoms with Gasteiger partial charge in [-0.2, -0.15) is 0 Å². The maximum Gasteiger partial charge on any atom is 0.472 e. The molecule has 0 aromatic carbocycles. The van der Waals surface area contributed by atoms with E-state index < -0.39 is 81.8 Å². The first kappa shape index (κ1) is 55.8. The molecule has 0 spiro atoms. The number of hydrogen-bond acceptors (Lipinski definition) is 13. The number of phosphoric ester groups is 1. The van der Waals surface area contributed by atoms with E-state index in [9.17, 15) is 49.7 Å². The van der Waals surface area contributed by atoms with E-state index in [1.165, 1.54) is 70.6 Å². The molecule has 0 bridgehead atoms. The van der Waals surface area contributed by atoms with E-state index in [-0.39, 0.29) is 12.8 Å². The molecule has 0 aliphatic heterocycles. The zero-order chi connectivity index (χ0) is 44.4. The van der Waals surface area contributed by atoms with Crippen LogP contribution in [0, 0.1) is 0 Å². The van der Waals surface area contributed by atoms with E-state index in [1.54, 1.807) is 18.2 Å². The molecule has 1 rings (SSSR count). The Hall–Kier alpha value is -2.23. The van der Waals surface area contributed by atoms with Crippen LogP contribution in [-0.4, -0.2) is 110 Å². The molecule has 0 saturated heterocycles. The highest BCUT2D eigenvalue weighted by Crippen LogP contribution is 2.47. The average molecular weight is 875 g/mol. The number of allylic oxidation sites excluding steroid dienone is 6. The van der Waals surface area contributed by atoms with Crippen molar-refractivity contribution < 1.29 is 68.2 Å². The molecule has 348 valence electrons. The van der Waals surface area contributed by atoms with Gasteiger partial charge in [0, 0.05) is 12.8 Å². The summed E-state index contributed by atoms with van der Waals surface area (Å²) in [6, 6.07) is 0. The topological polar surface area (TPSA) is 230 Å². The zero-order valence-corrected chi connectivity index (χ0v) is 37.2. The van der Waals surface area contributed by atoms with Gasteiger partial charge in [0.05, 0.1) is 12.7 Å². The summed E-state index contributed by atoms with van der Waals surface area (Å²) >= 11 is 0. The van der Waals surface area contributed by atoms with Crippen LogP contribution in [0.4, 0.5) is 0 Å². The summed E-state index contributed by atoms with van der Waals surface area (Å²) in [4.78, 5) is 35.6. The Labute approximate surface area is 359 Å². The van der Waals surface area contributed by atoms with Gasteiger partial charge in [-0.15, -0.1) is 0 Å². The van der Waals surface area contributed by atoms with Crippen LogP contribution in [0.1, 0.15) is 162 Å². The third-order valence-corrected chi connectivity index (χ3v) is 11.2. The van der Waals surface area contributed by atoms with Gasteiger partial charge in [0.25, 0.3) is 0 Å². The molecule has 14 nitrogen and oxygen atoms in total. The van der Waals surface area contributed by atoms with Crippen molar-refractivity contribution in [3.8, 4) is 0 Å². The molecule has 0 aromatic rings. The molecule has 0 heterocycles. The van der Waals surface area contributed by atoms with Crippen molar-refractivity contribution in [2.45, 2.75) is 210 Å². The largest absolute Gasteiger partial charge is 0.472 e. The Morgan fingerprint density at radius 3 is 1.73 bits per heavy atom. The van der Waals surface area contributed by atoms with E-state index in [2.05, 4.69) is 26.0 Å². The lowest BCUT2D eigenvalue weighted by Crippen LogP contribution is -2.64. The second-order valence-corrected chi connectivity index (χ2v) is 17.2. The second kappa shape index (κ2) is 35.3. The maximum atomic E-state index is 12.8. The summed E-state index contributed by atoms with van der Waals surface area (Å²) in [6.07, 6.45) is 23.4. The molecule has 1 aliphatic rings. The van der Waals surface area contributed by atoms with Crippen LogP contribution >= 0.6 is 7.82 Å². The molecular weight excluding hydrogens is 795 g/mol. The molecule has 60 heavy (non-hydrogen) atoms. The van der Waals surface area contributed by atoms with Crippen LogP contribution in [0.25, 0.3) is 0 Å². The fraction of sp³-hybridized carbons (Fsp3) is 0.778. The van der Waals surface area contributed by atoms with E-state index in [0.717, 1.165) is 38.5 Å². The molecule has 15 heteroatoms. The lowest BCUT2D eigenvalue weighted by atomic mass is 9.85. The second-order valence-electron chi connectivity index (χ2n) is 15.8. The molecule has 7 N–H and O–H groups in total. The summed E-state index contributed by atoms with van der Waals surface area (Å²) in [5.74, 6) is -1.23. The number of aliphatic hydroxyl groups excluding tert-OH is 6. The Kier molecular flexibility index (Phi) is 32.8. The molecule has 1 aliphatic carbocycles. The smallest absolute Gasteiger partial charge is 0.462 e. The summed E-state index contributed by atoms with van der Waals surface area (Å²) in [7, 11) is -5.15. The Morgan fingerprint density at radius 1 is 0.600 bits per heavy atom. The number of rotatable bonds is 36. The van der Waals surface area contributed by atoms with Gasteiger partial charge >= 0.3 is 19.8 Å². The van der Waals surface area contributed by atoms with Crippen molar-refractivity contribution in [1.29, 1.82) is 0 Å². The SMILES string of the molecule is CCCCC/C=C\C/C=C\CC(O)/C=C\C=C\CCCC(=O)OC[C@H](COP(=O)(O)OC1[C@H](O)[C@H](O)C(O)[C@H](O)[C@H]1O)OC(=O)CCCCCCCCCCCCCCC. The van der Waals surface area contributed by atoms with Crippen LogP contribution in [0.5, 0.6) is 0 Å². The number of ether oxygens (including phenoxy) is 2. The number of carbonyl (C=O) groups excluding carboxylic acids is 2. The van der Waals surface area contributed by atoms with Crippen LogP contribution in [0.3, 0.4) is 0 Å². The third kappa shape index (κ3) is 27.7. The van der Waals surface area contributed by atoms with Crippen molar-refractivity contribution in [2.24, 2.45) is 0 Å². The third-order valence-electron chi connectivity index (χ3n) is 10.3. The Bertz CT molecular complexity index is 1260. The van der Waals surface area contributed by atoms with Gasteiger partial charge in [0.1, 0.15) is 43.2 Å². The predicted octanol–water partition coefficient (Wildman–Crippen LogP) is 7.36. The standard InChI is InChI=1S/C45H79O14P/c1-3-5-7-9-11-13-14-15-16-18-20-24-29-33-39(48)58-37(35-57-60(54,55)59-45-43(52)41(50)40(49)42(51)44(45)53)34-56-38(47)32-28-25-21-23-27-31-36(46)30-26-22-19-17-12-10-8-6-4-2/h12,17,21-23,26-27,31,36-37,40-46,49-53H,3-11,13-16,18-20,24-25,28-30,32-35H2,1-2H3,(H,54,55)/b17-12-,23-21+,26-22-,31-27-/t36?,37-,40?,41-,42+,43-,44-,45?/m1/s1. The molecular formula is C45H79O14P. The lowest BCUT2D eigenvalue weighted by Gasteiger charge is -2.41. The maximum absolute atomic E-state index is 12.8. The number of phosphoric acid groups is 1. The average Bonchev–Trinajstić information content (AvgIpc) is 3.22. The molecule has 0 amide bonds. The number of carbonyl (C=O) groups is 2. The Morgan fingerprint density at radius 2 is 1.12 bits per heavy atom. The van der Waals surface area contributed by atoms with E-state index in [0.29, 0.717) is 25.7 Å². The number of aliphatic hydroxyl groups is 6. The quantitative estimate of drug-likeness (QED) is 0.0107. The number of hydrogen-bond donors (Lipinski definition) is 7. The monoisotopic (exact) mass is 875 g/mol. The van der Waals surface area contributed by atoms with Crippen molar-refractivity contribution in [1.82, 2.24) is 0 Å². The van der Waals surface area contributed by atoms with E-state index in [4.69, 9.17) is 18.5 Å². The summed E-state index contributed by atoms with van der Waals surface area (Å²) in [5, 5.41) is 60.2. The van der Waals surface area contributed by atoms with Crippen molar-refractivity contribution in [3.63, 3.8) is 0 Å². The van der Waals surface area contributed by atoms with Crippen LogP contribution in [-0.2, 0) is 32.7 Å². The lowest BCUT2D eigenvalue weighted by molar-refractivity contribution is -0.220. The minimum atomic E-state index is -5.15. The summed E-state index contributed by atoms with van der Waals surface area (Å²) in [5.41, 5.74) is 0. The molecule has 9 atom stereocenters. The minimum absolute atomic E-state index is 0.0323. The Balaban J connectivity index is 2.55. The first-order chi connectivity index (χ1) is 28.8. The first-order valence-electron chi connectivity index (χ1n) is 22.5. The van der Waals surface area contributed by atoms with Crippen molar-refractivity contribution in [3.05, 3.63) is 48.6 Å². The summed E-state index contributed by atoms with van der Waals surface area (Å²) in [6.45, 7) is 3.13. The van der Waals surface area contributed by atoms with Gasteiger partial charge in [0.15, 0.2) is 6.10 Å². The van der Waals surface area contributed by atoms with Gasteiger partial charge in [-0.05, 0) is 44.9 Å². The highest BCUT2D eigenvalue weighted by molar-refractivity contribution is 7.47. The molecule has 0 aromatic heterocycles. The van der Waals surface area contributed by atoms with Crippen molar-refractivity contribution in [2.75, 3.05) is 13.2 Å². The van der Waals surface area contributed by atoms with Gasteiger partial charge in [-0.3, -0.25) is 18.6 Å². The molecule has 0 radical (unpaired) electrons. The first-order valence-corrected chi connectivity index (χ1v) is 24.0. The van der Waals surface area contributed by atoms with E-state index >= 15 is 0 Å². The number of esters is 2. The van der Waals surface area contributed by atoms with Gasteiger partial charge < -0.3 is 45.0 Å². The van der Waals surface area contributed by atoms with Crippen LogP contribution in [0.15, 0.2) is 48.6 Å². The molecule has 4 unspecified atom stereocenters. The molecule has 1 saturated carbocycles. The fourth-order valence-electron chi connectivity index (χ4n) is 6.54. The van der Waals surface area contributed by atoms with Crippen molar-refractivity contribution >= 4 is 19.8 Å². The fourth-order valence-corrected chi connectivity index (χ4v) is 7.51. The van der Waals surface area contributed by atoms with Crippen LogP contribution in [0.2, 0.25) is 0 Å². The van der Waals surface area contributed by atoms with Gasteiger partial charge in [-0.25, -0.2) is 4.57 Å². The zero-order valence-electron chi connectivity index (χ0n) is 36.4. The predicted molar refractivity (Wildman–Crippen MR) is 232 cm³/mol. The van der Waals surface area contributed by atoms with E-state index in [1.807, 2.05) is 18.2 Å². The minimum Gasteiger partial charge on any atom is -0.462 e. The highest BCUT2D eigenvalue weighted by atomic mass is 31.2. The normalized spacial score (nSPS) is 23.1.